The number of aromatic amines is 1. The van der Waals surface area contributed by atoms with Crippen molar-refractivity contribution in [3.8, 4) is 5.69 Å². The van der Waals surface area contributed by atoms with Crippen molar-refractivity contribution in [3.05, 3.63) is 59.7 Å². The fourth-order valence-corrected chi connectivity index (χ4v) is 3.23. The maximum Gasteiger partial charge on any atom is 0.319 e. The Kier molecular flexibility index (Phi) is 3.97. The summed E-state index contributed by atoms with van der Waals surface area (Å²) in [5.74, 6) is 0. The van der Waals surface area contributed by atoms with Crippen LogP contribution >= 0.6 is 0 Å². The van der Waals surface area contributed by atoms with Crippen molar-refractivity contribution >= 4 is 11.7 Å². The van der Waals surface area contributed by atoms with Crippen molar-refractivity contribution in [2.24, 2.45) is 0 Å². The van der Waals surface area contributed by atoms with E-state index in [0.29, 0.717) is 0 Å². The van der Waals surface area contributed by atoms with Gasteiger partial charge in [-0.1, -0.05) is 6.07 Å². The van der Waals surface area contributed by atoms with Crippen LogP contribution in [0, 0.1) is 6.92 Å². The molecule has 0 saturated heterocycles. The number of amides is 2. The number of fused-ring (bicyclic) bond motifs is 1. The van der Waals surface area contributed by atoms with Crippen LogP contribution < -0.4 is 10.6 Å². The minimum atomic E-state index is -0.215. The smallest absolute Gasteiger partial charge is 0.319 e. The third-order valence-corrected chi connectivity index (χ3v) is 4.58. The molecule has 3 aromatic rings. The molecule has 7 heteroatoms. The second-order valence-corrected chi connectivity index (χ2v) is 6.30. The zero-order valence-corrected chi connectivity index (χ0v) is 14.0. The number of urea groups is 1. The Hall–Kier alpha value is -3.09. The summed E-state index contributed by atoms with van der Waals surface area (Å²) in [6, 6.07) is 7.49. The van der Waals surface area contributed by atoms with E-state index in [0.717, 1.165) is 41.9 Å². The van der Waals surface area contributed by atoms with Gasteiger partial charge in [-0.25, -0.2) is 9.48 Å². The lowest BCUT2D eigenvalue weighted by Crippen LogP contribution is -2.34. The van der Waals surface area contributed by atoms with E-state index in [2.05, 4.69) is 25.9 Å². The molecule has 0 bridgehead atoms. The first-order chi connectivity index (χ1) is 12.2. The predicted molar refractivity (Wildman–Crippen MR) is 94.7 cm³/mol. The molecule has 3 N–H and O–H groups in total. The Bertz CT molecular complexity index is 883. The molecule has 128 valence electrons. The lowest BCUT2D eigenvalue weighted by Gasteiger charge is -2.23. The van der Waals surface area contributed by atoms with Gasteiger partial charge in [-0.2, -0.15) is 10.2 Å². The Morgan fingerprint density at radius 2 is 2.32 bits per heavy atom. The number of nitrogens with zero attached hydrogens (tertiary/aromatic N) is 3. The van der Waals surface area contributed by atoms with Gasteiger partial charge in [-0.3, -0.25) is 5.10 Å². The second-order valence-electron chi connectivity index (χ2n) is 6.30. The van der Waals surface area contributed by atoms with Crippen LogP contribution in [0.25, 0.3) is 5.69 Å². The van der Waals surface area contributed by atoms with Crippen molar-refractivity contribution < 1.29 is 4.79 Å². The number of carbonyl (C=O) groups excluding carboxylic acids is 1. The Balaban J connectivity index is 1.49. The molecule has 1 aliphatic carbocycles. The third kappa shape index (κ3) is 3.13. The summed E-state index contributed by atoms with van der Waals surface area (Å²) in [6.07, 6.45) is 8.41. The fourth-order valence-electron chi connectivity index (χ4n) is 3.23. The van der Waals surface area contributed by atoms with Crippen molar-refractivity contribution in [1.29, 1.82) is 0 Å². The van der Waals surface area contributed by atoms with E-state index in [1.165, 1.54) is 5.56 Å². The molecule has 0 fully saturated rings. The minimum absolute atomic E-state index is 0.0270. The SMILES string of the molecule is Cc1ccc(-n2cccn2)cc1NC(=O)N[C@@H]1CCCc2cn[nH]c21. The lowest BCUT2D eigenvalue weighted by atomic mass is 9.94. The van der Waals surface area contributed by atoms with E-state index in [9.17, 15) is 4.79 Å². The van der Waals surface area contributed by atoms with Gasteiger partial charge in [-0.15, -0.1) is 0 Å². The lowest BCUT2D eigenvalue weighted by molar-refractivity contribution is 0.246. The van der Waals surface area contributed by atoms with Crippen LogP contribution in [0.2, 0.25) is 0 Å². The Morgan fingerprint density at radius 3 is 3.16 bits per heavy atom. The predicted octanol–water partition coefficient (Wildman–Crippen LogP) is 3.10. The summed E-state index contributed by atoms with van der Waals surface area (Å²) < 4.78 is 1.76. The summed E-state index contributed by atoms with van der Waals surface area (Å²) in [6.45, 7) is 1.97. The summed E-state index contributed by atoms with van der Waals surface area (Å²) in [5, 5.41) is 17.3. The first-order valence-corrected chi connectivity index (χ1v) is 8.41. The minimum Gasteiger partial charge on any atom is -0.330 e. The highest BCUT2D eigenvalue weighted by atomic mass is 16.2. The number of rotatable bonds is 3. The van der Waals surface area contributed by atoms with E-state index in [1.54, 1.807) is 10.9 Å². The highest BCUT2D eigenvalue weighted by Gasteiger charge is 2.23. The van der Waals surface area contributed by atoms with Crippen molar-refractivity contribution in [3.63, 3.8) is 0 Å². The number of anilines is 1. The molecule has 0 radical (unpaired) electrons. The van der Waals surface area contributed by atoms with Crippen LogP contribution in [0.4, 0.5) is 10.5 Å². The molecule has 0 saturated carbocycles. The summed E-state index contributed by atoms with van der Waals surface area (Å²) >= 11 is 0. The quantitative estimate of drug-likeness (QED) is 0.687. The zero-order chi connectivity index (χ0) is 17.2. The number of H-pyrrole nitrogens is 1. The highest BCUT2D eigenvalue weighted by molar-refractivity contribution is 5.90. The van der Waals surface area contributed by atoms with Crippen LogP contribution in [-0.4, -0.2) is 26.0 Å². The number of nitrogens with one attached hydrogen (secondary N) is 3. The Morgan fingerprint density at radius 1 is 1.40 bits per heavy atom. The molecule has 1 atom stereocenters. The monoisotopic (exact) mass is 336 g/mol. The highest BCUT2D eigenvalue weighted by Crippen LogP contribution is 2.27. The number of benzene rings is 1. The average molecular weight is 336 g/mol. The van der Waals surface area contributed by atoms with Gasteiger partial charge in [0.1, 0.15) is 0 Å². The maximum atomic E-state index is 12.5. The van der Waals surface area contributed by atoms with E-state index >= 15 is 0 Å². The fraction of sp³-hybridized carbons (Fsp3) is 0.278. The molecule has 0 aliphatic heterocycles. The number of aryl methyl sites for hydroxylation is 2. The van der Waals surface area contributed by atoms with E-state index in [4.69, 9.17) is 0 Å². The Labute approximate surface area is 145 Å². The molecule has 7 nitrogen and oxygen atoms in total. The van der Waals surface area contributed by atoms with E-state index in [1.807, 2.05) is 43.6 Å². The van der Waals surface area contributed by atoms with Gasteiger partial charge >= 0.3 is 6.03 Å². The third-order valence-electron chi connectivity index (χ3n) is 4.58. The van der Waals surface area contributed by atoms with E-state index < -0.39 is 0 Å². The van der Waals surface area contributed by atoms with Gasteiger partial charge in [0, 0.05) is 18.1 Å². The van der Waals surface area contributed by atoms with E-state index in [-0.39, 0.29) is 12.1 Å². The van der Waals surface area contributed by atoms with Gasteiger partial charge < -0.3 is 10.6 Å². The second kappa shape index (κ2) is 6.43. The average Bonchev–Trinajstić information content (AvgIpc) is 3.28. The van der Waals surface area contributed by atoms with Gasteiger partial charge in [0.25, 0.3) is 0 Å². The molecular weight excluding hydrogens is 316 g/mol. The molecule has 25 heavy (non-hydrogen) atoms. The topological polar surface area (TPSA) is 87.6 Å². The molecule has 4 rings (SSSR count). The first kappa shape index (κ1) is 15.4. The number of aromatic nitrogens is 4. The van der Waals surface area contributed by atoms with Gasteiger partial charge in [-0.05, 0) is 55.5 Å². The summed E-state index contributed by atoms with van der Waals surface area (Å²) in [7, 11) is 0. The van der Waals surface area contributed by atoms with Crippen molar-refractivity contribution in [2.75, 3.05) is 5.32 Å². The zero-order valence-electron chi connectivity index (χ0n) is 14.0. The van der Waals surface area contributed by atoms with Crippen molar-refractivity contribution in [2.45, 2.75) is 32.2 Å². The first-order valence-electron chi connectivity index (χ1n) is 8.41. The number of hydrogen-bond donors (Lipinski definition) is 3. The molecule has 0 spiro atoms. The largest absolute Gasteiger partial charge is 0.330 e. The summed E-state index contributed by atoms with van der Waals surface area (Å²) in [5.41, 5.74) is 4.87. The molecule has 2 aromatic heterocycles. The maximum absolute atomic E-state index is 12.5. The molecule has 1 aromatic carbocycles. The van der Waals surface area contributed by atoms with Gasteiger partial charge in [0.15, 0.2) is 0 Å². The molecule has 2 heterocycles. The van der Waals surface area contributed by atoms with Crippen LogP contribution in [0.5, 0.6) is 0 Å². The van der Waals surface area contributed by atoms with Gasteiger partial charge in [0.2, 0.25) is 0 Å². The van der Waals surface area contributed by atoms with Crippen molar-refractivity contribution in [1.82, 2.24) is 25.3 Å². The van der Waals surface area contributed by atoms with Crippen LogP contribution in [0.3, 0.4) is 0 Å². The number of carbonyl (C=O) groups is 1. The molecular formula is C18H20N6O. The normalized spacial score (nSPS) is 16.3. The number of hydrogen-bond acceptors (Lipinski definition) is 3. The van der Waals surface area contributed by atoms with Crippen LogP contribution in [0.1, 0.15) is 35.7 Å². The van der Waals surface area contributed by atoms with Crippen LogP contribution in [0.15, 0.2) is 42.9 Å². The molecule has 1 aliphatic rings. The summed E-state index contributed by atoms with van der Waals surface area (Å²) in [4.78, 5) is 12.5. The van der Waals surface area contributed by atoms with Gasteiger partial charge in [0.05, 0.1) is 23.6 Å². The molecule has 0 unspecified atom stereocenters. The standard InChI is InChI=1S/C18H20N6O/c1-12-6-7-14(24-9-3-8-20-24)10-16(12)22-18(25)21-15-5-2-4-13-11-19-23-17(13)15/h3,6-11,15H,2,4-5H2,1H3,(H,19,23)(H2,21,22,25)/t15-/m1/s1. The van der Waals surface area contributed by atoms with Crippen LogP contribution in [-0.2, 0) is 6.42 Å². The molecule has 2 amide bonds.